The molecule has 2 aromatic carbocycles. The number of aromatic nitrogens is 2. The number of hydrogen-bond donors (Lipinski definition) is 3. The smallest absolute Gasteiger partial charge is 0.335 e. The highest BCUT2D eigenvalue weighted by molar-refractivity contribution is 5.89. The Morgan fingerprint density at radius 3 is 2.89 bits per heavy atom. The Hall–Kier alpha value is -3.81. The van der Waals surface area contributed by atoms with Crippen LogP contribution in [0.5, 0.6) is 11.5 Å². The predicted molar refractivity (Wildman–Crippen MR) is 98.6 cm³/mol. The van der Waals surface area contributed by atoms with E-state index < -0.39 is 5.97 Å². The fourth-order valence-corrected chi connectivity index (χ4v) is 2.62. The molecule has 0 spiro atoms. The second kappa shape index (κ2) is 7.20. The number of ether oxygens (including phenoxy) is 2. The van der Waals surface area contributed by atoms with Crippen molar-refractivity contribution in [1.29, 1.82) is 0 Å². The van der Waals surface area contributed by atoms with Gasteiger partial charge < -0.3 is 25.2 Å². The van der Waals surface area contributed by atoms with Crippen LogP contribution in [0, 0.1) is 0 Å². The lowest BCUT2D eigenvalue weighted by Gasteiger charge is -2.09. The lowest BCUT2D eigenvalue weighted by Crippen LogP contribution is -2.05. The van der Waals surface area contributed by atoms with E-state index in [0.29, 0.717) is 24.0 Å². The van der Waals surface area contributed by atoms with E-state index >= 15 is 0 Å². The van der Waals surface area contributed by atoms with Crippen LogP contribution >= 0.6 is 0 Å². The zero-order valence-electron chi connectivity index (χ0n) is 14.2. The molecular formula is C19H16N4O4. The summed E-state index contributed by atoms with van der Waals surface area (Å²) in [7, 11) is 0. The van der Waals surface area contributed by atoms with Crippen molar-refractivity contribution in [1.82, 2.24) is 9.97 Å². The van der Waals surface area contributed by atoms with Gasteiger partial charge >= 0.3 is 5.97 Å². The Balaban J connectivity index is 1.43. The first-order chi connectivity index (χ1) is 13.2. The van der Waals surface area contributed by atoms with Gasteiger partial charge in [-0.1, -0.05) is 12.1 Å². The molecule has 1 aliphatic heterocycles. The average molecular weight is 364 g/mol. The molecule has 2 heterocycles. The van der Waals surface area contributed by atoms with E-state index in [9.17, 15) is 4.79 Å². The summed E-state index contributed by atoms with van der Waals surface area (Å²) in [5.41, 5.74) is 1.85. The number of rotatable bonds is 6. The number of anilines is 3. The molecule has 0 saturated heterocycles. The summed E-state index contributed by atoms with van der Waals surface area (Å²) in [6.07, 6.45) is 1.62. The first-order valence-corrected chi connectivity index (χ1v) is 8.23. The zero-order valence-corrected chi connectivity index (χ0v) is 14.2. The summed E-state index contributed by atoms with van der Waals surface area (Å²) < 4.78 is 10.7. The number of nitrogens with zero attached hydrogens (tertiary/aromatic N) is 2. The lowest BCUT2D eigenvalue weighted by atomic mass is 10.2. The maximum absolute atomic E-state index is 11.1. The van der Waals surface area contributed by atoms with E-state index in [1.165, 1.54) is 6.07 Å². The molecular weight excluding hydrogens is 348 g/mol. The molecule has 0 fully saturated rings. The van der Waals surface area contributed by atoms with E-state index in [0.717, 1.165) is 17.1 Å². The SMILES string of the molecule is O=C(O)c1cccc(Nc2ccnc(NCc3ccc4c(c3)OCO4)n2)c1. The third kappa shape index (κ3) is 3.90. The van der Waals surface area contributed by atoms with Crippen LogP contribution < -0.4 is 20.1 Å². The number of aromatic carboxylic acids is 1. The highest BCUT2D eigenvalue weighted by atomic mass is 16.7. The standard InChI is InChI=1S/C19H16N4O4/c24-18(25)13-2-1-3-14(9-13)22-17-6-7-20-19(23-17)21-10-12-4-5-15-16(8-12)27-11-26-15/h1-9H,10-11H2,(H,24,25)(H2,20,21,22,23). The van der Waals surface area contributed by atoms with E-state index in [1.54, 1.807) is 30.5 Å². The van der Waals surface area contributed by atoms with Crippen molar-refractivity contribution in [3.8, 4) is 11.5 Å². The summed E-state index contributed by atoms with van der Waals surface area (Å²) in [6.45, 7) is 0.765. The van der Waals surface area contributed by atoms with Gasteiger partial charge in [0.15, 0.2) is 11.5 Å². The van der Waals surface area contributed by atoms with Crippen LogP contribution in [0.2, 0.25) is 0 Å². The van der Waals surface area contributed by atoms with Gasteiger partial charge in [-0.15, -0.1) is 0 Å². The first-order valence-electron chi connectivity index (χ1n) is 8.23. The van der Waals surface area contributed by atoms with Crippen LogP contribution in [0.25, 0.3) is 0 Å². The van der Waals surface area contributed by atoms with Gasteiger partial charge in [-0.25, -0.2) is 9.78 Å². The van der Waals surface area contributed by atoms with Gasteiger partial charge in [0.25, 0.3) is 0 Å². The molecule has 0 aliphatic carbocycles. The largest absolute Gasteiger partial charge is 0.478 e. The van der Waals surface area contributed by atoms with E-state index in [-0.39, 0.29) is 12.4 Å². The van der Waals surface area contributed by atoms with Crippen molar-refractivity contribution in [3.05, 3.63) is 65.9 Å². The number of carboxylic acid groups (broad SMARTS) is 1. The van der Waals surface area contributed by atoms with Gasteiger partial charge in [0, 0.05) is 18.4 Å². The van der Waals surface area contributed by atoms with Crippen LogP contribution in [0.15, 0.2) is 54.7 Å². The predicted octanol–water partition coefficient (Wildman–Crippen LogP) is 3.26. The molecule has 0 amide bonds. The Kier molecular flexibility index (Phi) is 4.44. The summed E-state index contributed by atoms with van der Waals surface area (Å²) in [5, 5.41) is 15.3. The van der Waals surface area contributed by atoms with Gasteiger partial charge in [-0.05, 0) is 42.0 Å². The van der Waals surface area contributed by atoms with Crippen molar-refractivity contribution in [2.24, 2.45) is 0 Å². The zero-order chi connectivity index (χ0) is 18.6. The molecule has 0 bridgehead atoms. The molecule has 3 N–H and O–H groups in total. The normalized spacial score (nSPS) is 11.9. The minimum absolute atomic E-state index is 0.204. The van der Waals surface area contributed by atoms with E-state index in [1.807, 2.05) is 18.2 Å². The number of carboxylic acids is 1. The summed E-state index contributed by atoms with van der Waals surface area (Å²) in [5.74, 6) is 1.49. The topological polar surface area (TPSA) is 106 Å². The van der Waals surface area contributed by atoms with Gasteiger partial charge in [-0.2, -0.15) is 4.98 Å². The van der Waals surface area contributed by atoms with Gasteiger partial charge in [-0.3, -0.25) is 0 Å². The minimum Gasteiger partial charge on any atom is -0.478 e. The Labute approximate surface area is 154 Å². The maximum Gasteiger partial charge on any atom is 0.335 e. The van der Waals surface area contributed by atoms with Crippen molar-refractivity contribution in [2.75, 3.05) is 17.4 Å². The molecule has 0 saturated carbocycles. The van der Waals surface area contributed by atoms with Gasteiger partial charge in [0.1, 0.15) is 5.82 Å². The average Bonchev–Trinajstić information content (AvgIpc) is 3.15. The van der Waals surface area contributed by atoms with Crippen LogP contribution in [0.3, 0.4) is 0 Å². The van der Waals surface area contributed by atoms with Gasteiger partial charge in [0.05, 0.1) is 5.56 Å². The molecule has 1 aromatic heterocycles. The Bertz CT molecular complexity index is 993. The van der Waals surface area contributed by atoms with E-state index in [2.05, 4.69) is 20.6 Å². The fourth-order valence-electron chi connectivity index (χ4n) is 2.62. The van der Waals surface area contributed by atoms with Crippen molar-refractivity contribution in [3.63, 3.8) is 0 Å². The number of benzene rings is 2. The molecule has 8 nitrogen and oxygen atoms in total. The van der Waals surface area contributed by atoms with Crippen molar-refractivity contribution >= 4 is 23.4 Å². The van der Waals surface area contributed by atoms with Crippen LogP contribution in [-0.4, -0.2) is 27.8 Å². The number of fused-ring (bicyclic) bond motifs is 1. The number of hydrogen-bond acceptors (Lipinski definition) is 7. The summed E-state index contributed by atoms with van der Waals surface area (Å²) in [4.78, 5) is 19.7. The van der Waals surface area contributed by atoms with E-state index in [4.69, 9.17) is 14.6 Å². The second-order valence-corrected chi connectivity index (χ2v) is 5.82. The molecule has 3 aromatic rings. The van der Waals surface area contributed by atoms with Gasteiger partial charge in [0.2, 0.25) is 12.7 Å². The molecule has 4 rings (SSSR count). The molecule has 27 heavy (non-hydrogen) atoms. The minimum atomic E-state index is -0.979. The number of carbonyl (C=O) groups is 1. The molecule has 1 aliphatic rings. The second-order valence-electron chi connectivity index (χ2n) is 5.82. The molecule has 0 radical (unpaired) electrons. The first kappa shape index (κ1) is 16.6. The van der Waals surface area contributed by atoms with Crippen LogP contribution in [0.1, 0.15) is 15.9 Å². The molecule has 8 heteroatoms. The maximum atomic E-state index is 11.1. The van der Waals surface area contributed by atoms with Crippen LogP contribution in [0.4, 0.5) is 17.5 Å². The monoisotopic (exact) mass is 364 g/mol. The third-order valence-corrected chi connectivity index (χ3v) is 3.93. The third-order valence-electron chi connectivity index (χ3n) is 3.93. The lowest BCUT2D eigenvalue weighted by molar-refractivity contribution is 0.0697. The van der Waals surface area contributed by atoms with Crippen molar-refractivity contribution < 1.29 is 19.4 Å². The fraction of sp³-hybridized carbons (Fsp3) is 0.105. The van der Waals surface area contributed by atoms with Crippen molar-refractivity contribution in [2.45, 2.75) is 6.54 Å². The molecule has 136 valence electrons. The summed E-state index contributed by atoms with van der Waals surface area (Å²) >= 11 is 0. The highest BCUT2D eigenvalue weighted by Gasteiger charge is 2.13. The highest BCUT2D eigenvalue weighted by Crippen LogP contribution is 2.32. The Morgan fingerprint density at radius 2 is 2.00 bits per heavy atom. The summed E-state index contributed by atoms with van der Waals surface area (Å²) in [6, 6.07) is 14.0. The molecule has 0 atom stereocenters. The van der Waals surface area contributed by atoms with Crippen LogP contribution in [-0.2, 0) is 6.54 Å². The molecule has 0 unspecified atom stereocenters. The number of nitrogens with one attached hydrogen (secondary N) is 2. The quantitative estimate of drug-likeness (QED) is 0.612. The Morgan fingerprint density at radius 1 is 1.11 bits per heavy atom.